The van der Waals surface area contributed by atoms with Gasteiger partial charge in [-0.3, -0.25) is 0 Å². The Morgan fingerprint density at radius 2 is 2.08 bits per heavy atom. The first-order chi connectivity index (χ1) is 6.40. The van der Waals surface area contributed by atoms with Crippen molar-refractivity contribution in [1.82, 2.24) is 4.72 Å². The monoisotopic (exact) mass is 212 g/mol. The van der Waals surface area contributed by atoms with Crippen molar-refractivity contribution in [2.24, 2.45) is 4.40 Å². The molecule has 5 heteroatoms. The van der Waals surface area contributed by atoms with Gasteiger partial charge in [0.1, 0.15) is 5.75 Å². The van der Waals surface area contributed by atoms with Crippen LogP contribution in [0, 0.1) is 0 Å². The van der Waals surface area contributed by atoms with Gasteiger partial charge in [0.2, 0.25) is 0 Å². The van der Waals surface area contributed by atoms with Gasteiger partial charge in [-0.15, -0.1) is 0 Å². The van der Waals surface area contributed by atoms with Crippen molar-refractivity contribution in [3.05, 3.63) is 29.8 Å². The highest BCUT2D eigenvalue weighted by Gasteiger charge is 2.08. The van der Waals surface area contributed by atoms with Crippen LogP contribution in [0.5, 0.6) is 5.75 Å². The summed E-state index contributed by atoms with van der Waals surface area (Å²) in [5, 5.41) is 0. The summed E-state index contributed by atoms with van der Waals surface area (Å²) in [4.78, 5) is 0. The first-order valence-electron chi connectivity index (χ1n) is 3.71. The van der Waals surface area contributed by atoms with Crippen LogP contribution < -0.4 is 9.46 Å². The number of hydrogen-bond donors (Lipinski definition) is 1. The number of nitrogens with one attached hydrogen (secondary N) is 1. The lowest BCUT2D eigenvalue weighted by Gasteiger charge is -2.02. The molecule has 1 N–H and O–H groups in total. The van der Waals surface area contributed by atoms with Gasteiger partial charge in [-0.25, -0.2) is 0 Å². The second-order valence-corrected chi connectivity index (χ2v) is 4.08. The van der Waals surface area contributed by atoms with Crippen molar-refractivity contribution in [1.29, 1.82) is 0 Å². The van der Waals surface area contributed by atoms with Crippen molar-refractivity contribution in [3.8, 4) is 5.75 Å². The third kappa shape index (κ3) is 1.92. The van der Waals surface area contributed by atoms with E-state index in [9.17, 15) is 0 Å². The molecule has 68 valence electrons. The SMILES string of the molecule is COc1ccc(C2=NSSN2)cc1. The molecule has 1 heterocycles. The van der Waals surface area contributed by atoms with Gasteiger partial charge in [0, 0.05) is 16.5 Å². The summed E-state index contributed by atoms with van der Waals surface area (Å²) in [5.41, 5.74) is 1.08. The molecule has 3 nitrogen and oxygen atoms in total. The summed E-state index contributed by atoms with van der Waals surface area (Å²) in [6, 6.07) is 7.81. The molecule has 0 aliphatic carbocycles. The fourth-order valence-corrected chi connectivity index (χ4v) is 2.28. The van der Waals surface area contributed by atoms with Gasteiger partial charge in [0.05, 0.1) is 18.1 Å². The maximum atomic E-state index is 5.06. The van der Waals surface area contributed by atoms with Crippen molar-refractivity contribution in [3.63, 3.8) is 0 Å². The zero-order valence-corrected chi connectivity index (χ0v) is 8.61. The molecule has 1 aliphatic heterocycles. The van der Waals surface area contributed by atoms with E-state index in [0.717, 1.165) is 17.1 Å². The van der Waals surface area contributed by atoms with Gasteiger partial charge < -0.3 is 9.46 Å². The van der Waals surface area contributed by atoms with Crippen molar-refractivity contribution < 1.29 is 4.74 Å². The molecule has 2 rings (SSSR count). The Morgan fingerprint density at radius 1 is 1.31 bits per heavy atom. The van der Waals surface area contributed by atoms with Crippen molar-refractivity contribution >= 4 is 27.8 Å². The topological polar surface area (TPSA) is 33.6 Å². The highest BCUT2D eigenvalue weighted by molar-refractivity contribution is 8.76. The Hall–Kier alpha value is -0.810. The molecule has 0 saturated heterocycles. The maximum Gasteiger partial charge on any atom is 0.152 e. The Morgan fingerprint density at radius 3 is 2.62 bits per heavy atom. The van der Waals surface area contributed by atoms with E-state index in [-0.39, 0.29) is 0 Å². The molecule has 0 unspecified atom stereocenters. The molecular formula is C8H8N2OS2. The summed E-state index contributed by atoms with van der Waals surface area (Å²) < 4.78 is 12.4. The number of methoxy groups -OCH3 is 1. The third-order valence-corrected chi connectivity index (χ3v) is 2.97. The second kappa shape index (κ2) is 3.93. The minimum absolute atomic E-state index is 0.864. The Labute approximate surface area is 84.6 Å². The number of nitrogens with zero attached hydrogens (tertiary/aromatic N) is 1. The van der Waals surface area contributed by atoms with Crippen LogP contribution in [0.4, 0.5) is 0 Å². The molecule has 0 bridgehead atoms. The minimum atomic E-state index is 0.864. The fraction of sp³-hybridized carbons (Fsp3) is 0.125. The van der Waals surface area contributed by atoms with Crippen LogP contribution in [0.2, 0.25) is 0 Å². The van der Waals surface area contributed by atoms with E-state index in [2.05, 4.69) is 9.12 Å². The van der Waals surface area contributed by atoms with E-state index in [0.29, 0.717) is 0 Å². The predicted molar refractivity (Wildman–Crippen MR) is 57.8 cm³/mol. The number of amidine groups is 1. The zero-order chi connectivity index (χ0) is 9.10. The van der Waals surface area contributed by atoms with E-state index in [1.54, 1.807) is 7.11 Å². The van der Waals surface area contributed by atoms with Gasteiger partial charge in [0.15, 0.2) is 5.84 Å². The molecule has 0 atom stereocenters. The van der Waals surface area contributed by atoms with Crippen molar-refractivity contribution in [2.45, 2.75) is 0 Å². The van der Waals surface area contributed by atoms with Crippen LogP contribution in [-0.4, -0.2) is 12.9 Å². The molecule has 0 amide bonds. The summed E-state index contributed by atoms with van der Waals surface area (Å²) in [6.45, 7) is 0. The molecule has 0 aromatic heterocycles. The van der Waals surface area contributed by atoms with Gasteiger partial charge in [-0.1, -0.05) is 0 Å². The highest BCUT2D eigenvalue weighted by atomic mass is 33.1. The average molecular weight is 212 g/mol. The smallest absolute Gasteiger partial charge is 0.152 e. The third-order valence-electron chi connectivity index (χ3n) is 1.67. The first-order valence-corrected chi connectivity index (χ1v) is 5.82. The molecule has 0 radical (unpaired) electrons. The van der Waals surface area contributed by atoms with Gasteiger partial charge in [0.25, 0.3) is 0 Å². The summed E-state index contributed by atoms with van der Waals surface area (Å²) in [5.74, 6) is 1.78. The Kier molecular flexibility index (Phi) is 2.65. The second-order valence-electron chi connectivity index (χ2n) is 2.43. The lowest BCUT2D eigenvalue weighted by Crippen LogP contribution is -2.11. The molecule has 1 aromatic carbocycles. The molecular weight excluding hydrogens is 204 g/mol. The lowest BCUT2D eigenvalue weighted by atomic mass is 10.2. The van der Waals surface area contributed by atoms with Gasteiger partial charge in [-0.2, -0.15) is 4.40 Å². The van der Waals surface area contributed by atoms with Gasteiger partial charge >= 0.3 is 0 Å². The van der Waals surface area contributed by atoms with E-state index in [4.69, 9.17) is 4.74 Å². The predicted octanol–water partition coefficient (Wildman–Crippen LogP) is 2.26. The maximum absolute atomic E-state index is 5.06. The number of rotatable bonds is 2. The molecule has 0 saturated carbocycles. The Balaban J connectivity index is 2.22. The van der Waals surface area contributed by atoms with Crippen molar-refractivity contribution in [2.75, 3.05) is 7.11 Å². The van der Waals surface area contributed by atoms with Crippen LogP contribution in [0.3, 0.4) is 0 Å². The number of ether oxygens (including phenoxy) is 1. The standard InChI is InChI=1S/C8H8N2OS2/c1-11-7-4-2-6(3-5-7)8-9-12-13-10-8/h2-5H,1H3,(H,9,10). The van der Waals surface area contributed by atoms with Crippen LogP contribution >= 0.6 is 22.0 Å². The van der Waals surface area contributed by atoms with Crippen LogP contribution in [0.25, 0.3) is 0 Å². The number of hydrogen-bond acceptors (Lipinski definition) is 5. The molecule has 13 heavy (non-hydrogen) atoms. The van der Waals surface area contributed by atoms with E-state index in [1.807, 2.05) is 24.3 Å². The zero-order valence-electron chi connectivity index (χ0n) is 6.98. The molecule has 0 spiro atoms. The van der Waals surface area contributed by atoms with Crippen LogP contribution in [0.15, 0.2) is 28.7 Å². The largest absolute Gasteiger partial charge is 0.497 e. The summed E-state index contributed by atoms with van der Waals surface area (Å²) in [6.07, 6.45) is 0. The van der Waals surface area contributed by atoms with Crippen LogP contribution in [0.1, 0.15) is 5.56 Å². The summed E-state index contributed by atoms with van der Waals surface area (Å²) in [7, 11) is 4.63. The van der Waals surface area contributed by atoms with E-state index in [1.165, 1.54) is 22.0 Å². The number of benzene rings is 1. The fourth-order valence-electron chi connectivity index (χ4n) is 0.993. The Bertz CT molecular complexity index is 323. The molecule has 1 aromatic rings. The lowest BCUT2D eigenvalue weighted by molar-refractivity contribution is 0.415. The quantitative estimate of drug-likeness (QED) is 0.602. The van der Waals surface area contributed by atoms with Gasteiger partial charge in [-0.05, 0) is 24.3 Å². The summed E-state index contributed by atoms with van der Waals surface area (Å²) >= 11 is 0. The minimum Gasteiger partial charge on any atom is -0.497 e. The van der Waals surface area contributed by atoms with E-state index >= 15 is 0 Å². The van der Waals surface area contributed by atoms with Crippen LogP contribution in [-0.2, 0) is 0 Å². The van der Waals surface area contributed by atoms with E-state index < -0.39 is 0 Å². The molecule has 1 aliphatic rings. The molecule has 0 fully saturated rings. The first kappa shape index (κ1) is 8.77. The average Bonchev–Trinajstić information content (AvgIpc) is 2.71. The highest BCUT2D eigenvalue weighted by Crippen LogP contribution is 2.27. The normalized spacial score (nSPS) is 15.0.